The highest BCUT2D eigenvalue weighted by molar-refractivity contribution is 7.99. The molecule has 0 saturated carbocycles. The van der Waals surface area contributed by atoms with Crippen molar-refractivity contribution in [2.45, 2.75) is 31.5 Å². The van der Waals surface area contributed by atoms with Gasteiger partial charge in [-0.2, -0.15) is 5.26 Å². The van der Waals surface area contributed by atoms with Gasteiger partial charge in [-0.05, 0) is 36.8 Å². The molecule has 6 nitrogen and oxygen atoms in total. The van der Waals surface area contributed by atoms with Crippen molar-refractivity contribution in [3.8, 4) is 6.07 Å². The van der Waals surface area contributed by atoms with Crippen LogP contribution in [0.4, 0.5) is 5.69 Å². The van der Waals surface area contributed by atoms with Crippen LogP contribution in [0.1, 0.15) is 25.3 Å². The summed E-state index contributed by atoms with van der Waals surface area (Å²) in [6, 6.07) is 16.0. The highest BCUT2D eigenvalue weighted by Gasteiger charge is 2.13. The number of amides is 1. The minimum absolute atomic E-state index is 0.0799. The summed E-state index contributed by atoms with van der Waals surface area (Å²) in [6.45, 7) is 2.64. The van der Waals surface area contributed by atoms with E-state index in [-0.39, 0.29) is 17.2 Å². The molecular weight excluding hydrogens is 372 g/mol. The third-order valence-corrected chi connectivity index (χ3v) is 5.15. The van der Waals surface area contributed by atoms with Crippen LogP contribution < -0.4 is 10.9 Å². The first-order valence-corrected chi connectivity index (χ1v) is 10.0. The summed E-state index contributed by atoms with van der Waals surface area (Å²) in [5.74, 6) is -0.0993. The Kier molecular flexibility index (Phi) is 6.45. The van der Waals surface area contributed by atoms with Gasteiger partial charge < -0.3 is 5.32 Å². The molecule has 1 aromatic heterocycles. The lowest BCUT2D eigenvalue weighted by Gasteiger charge is -2.12. The molecular formula is C21H20N4O2S. The van der Waals surface area contributed by atoms with E-state index >= 15 is 0 Å². The summed E-state index contributed by atoms with van der Waals surface area (Å²) in [6.07, 6.45) is 1.82. The molecule has 1 N–H and O–H groups in total. The van der Waals surface area contributed by atoms with E-state index in [0.29, 0.717) is 33.9 Å². The van der Waals surface area contributed by atoms with Gasteiger partial charge in [-0.25, -0.2) is 4.98 Å². The molecule has 0 radical (unpaired) electrons. The van der Waals surface area contributed by atoms with E-state index in [4.69, 9.17) is 5.26 Å². The smallest absolute Gasteiger partial charge is 0.262 e. The largest absolute Gasteiger partial charge is 0.325 e. The minimum atomic E-state index is -0.218. The van der Waals surface area contributed by atoms with Gasteiger partial charge in [0.15, 0.2) is 5.16 Å². The molecule has 0 bridgehead atoms. The number of fused-ring (bicyclic) bond motifs is 1. The zero-order chi connectivity index (χ0) is 19.9. The first-order chi connectivity index (χ1) is 13.6. The quantitative estimate of drug-likeness (QED) is 0.488. The van der Waals surface area contributed by atoms with Crippen molar-refractivity contribution in [1.82, 2.24) is 9.55 Å². The van der Waals surface area contributed by atoms with Gasteiger partial charge in [0, 0.05) is 12.2 Å². The summed E-state index contributed by atoms with van der Waals surface area (Å²) in [5.41, 5.74) is 1.60. The molecule has 2 aromatic carbocycles. The number of unbranched alkanes of at least 4 members (excludes halogenated alkanes) is 1. The Hall–Kier alpha value is -3.11. The molecule has 0 aliphatic carbocycles. The number of nitrogens with zero attached hydrogens (tertiary/aromatic N) is 3. The predicted octanol–water partition coefficient (Wildman–Crippen LogP) is 3.80. The second kappa shape index (κ2) is 9.20. The maximum atomic E-state index is 12.8. The Morgan fingerprint density at radius 2 is 2.07 bits per heavy atom. The number of carbonyl (C=O) groups excluding carboxylic acids is 1. The molecule has 0 atom stereocenters. The van der Waals surface area contributed by atoms with Crippen molar-refractivity contribution in [3.05, 3.63) is 64.4 Å². The predicted molar refractivity (Wildman–Crippen MR) is 111 cm³/mol. The lowest BCUT2D eigenvalue weighted by molar-refractivity contribution is -0.113. The Morgan fingerprint density at radius 3 is 2.86 bits per heavy atom. The number of nitriles is 1. The normalized spacial score (nSPS) is 10.6. The first-order valence-electron chi connectivity index (χ1n) is 9.04. The number of rotatable bonds is 7. The number of carbonyl (C=O) groups is 1. The molecule has 1 heterocycles. The van der Waals surface area contributed by atoms with E-state index in [9.17, 15) is 9.59 Å². The molecule has 0 aliphatic heterocycles. The van der Waals surface area contributed by atoms with Gasteiger partial charge in [0.25, 0.3) is 5.56 Å². The lowest BCUT2D eigenvalue weighted by Crippen LogP contribution is -2.24. The summed E-state index contributed by atoms with van der Waals surface area (Å²) in [7, 11) is 0. The molecule has 28 heavy (non-hydrogen) atoms. The van der Waals surface area contributed by atoms with Crippen molar-refractivity contribution in [2.75, 3.05) is 11.1 Å². The number of aromatic nitrogens is 2. The van der Waals surface area contributed by atoms with Gasteiger partial charge in [-0.3, -0.25) is 14.2 Å². The van der Waals surface area contributed by atoms with Gasteiger partial charge in [-0.1, -0.05) is 43.3 Å². The van der Waals surface area contributed by atoms with E-state index in [1.165, 1.54) is 11.8 Å². The van der Waals surface area contributed by atoms with Crippen LogP contribution in [-0.2, 0) is 11.3 Å². The standard InChI is InChI=1S/C21H20N4O2S/c1-2-3-11-25-20(27)17-9-4-5-10-18(17)24-21(25)28-14-19(26)23-16-8-6-7-15(12-16)13-22/h4-10,12H,2-3,11,14H2,1H3,(H,23,26). The van der Waals surface area contributed by atoms with Crippen LogP contribution in [0.15, 0.2) is 58.5 Å². The summed E-state index contributed by atoms with van der Waals surface area (Å²) in [5, 5.41) is 12.9. The Morgan fingerprint density at radius 1 is 1.25 bits per heavy atom. The molecule has 0 saturated heterocycles. The molecule has 3 rings (SSSR count). The number of para-hydroxylation sites is 1. The molecule has 7 heteroatoms. The van der Waals surface area contributed by atoms with Gasteiger partial charge in [-0.15, -0.1) is 0 Å². The Bertz CT molecular complexity index is 1100. The fourth-order valence-corrected chi connectivity index (χ4v) is 3.59. The summed E-state index contributed by atoms with van der Waals surface area (Å²) >= 11 is 1.24. The number of hydrogen-bond donors (Lipinski definition) is 1. The molecule has 3 aromatic rings. The third kappa shape index (κ3) is 4.59. The summed E-state index contributed by atoms with van der Waals surface area (Å²) < 4.78 is 1.65. The fourth-order valence-electron chi connectivity index (χ4n) is 2.76. The highest BCUT2D eigenvalue weighted by atomic mass is 32.2. The average molecular weight is 392 g/mol. The average Bonchev–Trinajstić information content (AvgIpc) is 2.72. The van der Waals surface area contributed by atoms with Crippen molar-refractivity contribution in [2.24, 2.45) is 0 Å². The second-order valence-corrected chi connectivity index (χ2v) is 7.19. The lowest BCUT2D eigenvalue weighted by atomic mass is 10.2. The maximum absolute atomic E-state index is 12.8. The van der Waals surface area contributed by atoms with Gasteiger partial charge in [0.05, 0.1) is 28.3 Å². The maximum Gasteiger partial charge on any atom is 0.262 e. The molecule has 0 aliphatic rings. The summed E-state index contributed by atoms with van der Waals surface area (Å²) in [4.78, 5) is 29.8. The van der Waals surface area contributed by atoms with E-state index in [1.807, 2.05) is 18.2 Å². The molecule has 142 valence electrons. The van der Waals surface area contributed by atoms with Crippen molar-refractivity contribution in [3.63, 3.8) is 0 Å². The van der Waals surface area contributed by atoms with Crippen LogP contribution in [0.3, 0.4) is 0 Å². The van der Waals surface area contributed by atoms with Gasteiger partial charge >= 0.3 is 0 Å². The topological polar surface area (TPSA) is 87.8 Å². The van der Waals surface area contributed by atoms with Crippen LogP contribution in [0.2, 0.25) is 0 Å². The highest BCUT2D eigenvalue weighted by Crippen LogP contribution is 2.19. The molecule has 0 spiro atoms. The molecule has 1 amide bonds. The Balaban J connectivity index is 1.79. The van der Waals surface area contributed by atoms with Crippen molar-refractivity contribution in [1.29, 1.82) is 5.26 Å². The first kappa shape index (κ1) is 19.6. The zero-order valence-electron chi connectivity index (χ0n) is 15.5. The Labute approximate surface area is 167 Å². The van der Waals surface area contributed by atoms with E-state index in [1.54, 1.807) is 41.0 Å². The number of nitrogens with one attached hydrogen (secondary N) is 1. The van der Waals surface area contributed by atoms with Crippen LogP contribution in [-0.4, -0.2) is 21.2 Å². The third-order valence-electron chi connectivity index (χ3n) is 4.17. The number of benzene rings is 2. The molecule has 0 fully saturated rings. The second-order valence-electron chi connectivity index (χ2n) is 6.25. The minimum Gasteiger partial charge on any atom is -0.325 e. The van der Waals surface area contributed by atoms with Gasteiger partial charge in [0.1, 0.15) is 0 Å². The van der Waals surface area contributed by atoms with Gasteiger partial charge in [0.2, 0.25) is 5.91 Å². The fraction of sp³-hybridized carbons (Fsp3) is 0.238. The number of anilines is 1. The molecule has 0 unspecified atom stereocenters. The van der Waals surface area contributed by atoms with Crippen LogP contribution in [0.25, 0.3) is 10.9 Å². The monoisotopic (exact) mass is 392 g/mol. The van der Waals surface area contributed by atoms with E-state index in [0.717, 1.165) is 12.8 Å². The number of thioether (sulfide) groups is 1. The number of hydrogen-bond acceptors (Lipinski definition) is 5. The van der Waals surface area contributed by atoms with E-state index in [2.05, 4.69) is 17.2 Å². The SMILES string of the molecule is CCCCn1c(SCC(=O)Nc2cccc(C#N)c2)nc2ccccc2c1=O. The zero-order valence-corrected chi connectivity index (χ0v) is 16.3. The van der Waals surface area contributed by atoms with Crippen LogP contribution in [0.5, 0.6) is 0 Å². The van der Waals surface area contributed by atoms with Crippen molar-refractivity contribution >= 4 is 34.3 Å². The van der Waals surface area contributed by atoms with Crippen LogP contribution >= 0.6 is 11.8 Å². The van der Waals surface area contributed by atoms with Crippen LogP contribution in [0, 0.1) is 11.3 Å². The van der Waals surface area contributed by atoms with Crippen molar-refractivity contribution < 1.29 is 4.79 Å². The van der Waals surface area contributed by atoms with E-state index < -0.39 is 0 Å².